The monoisotopic (exact) mass is 378 g/mol. The van der Waals surface area contributed by atoms with Crippen molar-refractivity contribution in [1.29, 1.82) is 0 Å². The highest BCUT2D eigenvalue weighted by atomic mass is 16.2. The maximum Gasteiger partial charge on any atom is 0.247 e. The number of para-hydroxylation sites is 1. The Balaban J connectivity index is 1.51. The molecule has 2 N–H and O–H groups in total. The van der Waals surface area contributed by atoms with Crippen LogP contribution in [0.15, 0.2) is 60.7 Å². The molecular formula is C22H26N4O2. The first-order chi connectivity index (χ1) is 13.7. The van der Waals surface area contributed by atoms with Crippen LogP contribution in [-0.4, -0.2) is 42.4 Å². The van der Waals surface area contributed by atoms with Crippen LogP contribution in [0.1, 0.15) is 12.5 Å². The lowest BCUT2D eigenvalue weighted by Crippen LogP contribution is -2.56. The van der Waals surface area contributed by atoms with Gasteiger partial charge in [0.1, 0.15) is 0 Å². The molecule has 4 rings (SSSR count). The Kier molecular flexibility index (Phi) is 5.41. The minimum atomic E-state index is -0.278. The van der Waals surface area contributed by atoms with Gasteiger partial charge in [0.05, 0.1) is 23.6 Å². The molecule has 0 bridgehead atoms. The van der Waals surface area contributed by atoms with E-state index in [4.69, 9.17) is 0 Å². The highest BCUT2D eigenvalue weighted by Crippen LogP contribution is 2.31. The van der Waals surface area contributed by atoms with Crippen LogP contribution in [0.2, 0.25) is 0 Å². The number of hydrogen-bond acceptors (Lipinski definition) is 4. The number of hydrazine groups is 1. The molecule has 28 heavy (non-hydrogen) atoms. The third-order valence-electron chi connectivity index (χ3n) is 5.70. The van der Waals surface area contributed by atoms with Crippen molar-refractivity contribution in [3.8, 4) is 0 Å². The van der Waals surface area contributed by atoms with E-state index in [-0.39, 0.29) is 29.7 Å². The van der Waals surface area contributed by atoms with E-state index < -0.39 is 0 Å². The Morgan fingerprint density at radius 3 is 2.43 bits per heavy atom. The molecule has 2 aliphatic heterocycles. The molecular weight excluding hydrogens is 352 g/mol. The van der Waals surface area contributed by atoms with Crippen LogP contribution in [0.4, 0.5) is 5.69 Å². The molecule has 2 saturated heterocycles. The van der Waals surface area contributed by atoms with Gasteiger partial charge in [-0.25, -0.2) is 10.4 Å². The van der Waals surface area contributed by atoms with Crippen LogP contribution in [0.25, 0.3) is 0 Å². The predicted octanol–water partition coefficient (Wildman–Crippen LogP) is 1.79. The van der Waals surface area contributed by atoms with Crippen molar-refractivity contribution in [1.82, 2.24) is 15.6 Å². The zero-order valence-corrected chi connectivity index (χ0v) is 16.0. The summed E-state index contributed by atoms with van der Waals surface area (Å²) in [6.45, 7) is 4.72. The largest absolute Gasteiger partial charge is 0.352 e. The maximum absolute atomic E-state index is 13.1. The molecule has 2 aliphatic rings. The average molecular weight is 378 g/mol. The minimum Gasteiger partial charge on any atom is -0.352 e. The van der Waals surface area contributed by atoms with Crippen molar-refractivity contribution in [3.05, 3.63) is 66.2 Å². The number of anilines is 1. The highest BCUT2D eigenvalue weighted by molar-refractivity contribution is 5.98. The molecule has 3 atom stereocenters. The van der Waals surface area contributed by atoms with Gasteiger partial charge in [-0.3, -0.25) is 9.59 Å². The number of likely N-dealkylation sites (tertiary alicyclic amines) is 1. The SMILES string of the molecule is CCN1CC(C(=O)NCc2ccccc2)C2NN(c3ccccc3)C(=O)C2C1. The van der Waals surface area contributed by atoms with Crippen LogP contribution >= 0.6 is 0 Å². The minimum absolute atomic E-state index is 0.00721. The summed E-state index contributed by atoms with van der Waals surface area (Å²) >= 11 is 0. The van der Waals surface area contributed by atoms with Gasteiger partial charge in [0.15, 0.2) is 0 Å². The lowest BCUT2D eigenvalue weighted by Gasteiger charge is -2.37. The number of nitrogens with zero attached hydrogens (tertiary/aromatic N) is 2. The quantitative estimate of drug-likeness (QED) is 0.833. The molecule has 2 aromatic carbocycles. The van der Waals surface area contributed by atoms with Gasteiger partial charge < -0.3 is 10.2 Å². The van der Waals surface area contributed by atoms with E-state index in [2.05, 4.69) is 22.6 Å². The van der Waals surface area contributed by atoms with E-state index >= 15 is 0 Å². The van der Waals surface area contributed by atoms with Crippen molar-refractivity contribution in [2.45, 2.75) is 19.5 Å². The number of nitrogens with one attached hydrogen (secondary N) is 2. The molecule has 0 saturated carbocycles. The molecule has 0 aliphatic carbocycles. The van der Waals surface area contributed by atoms with Crippen molar-refractivity contribution in [2.75, 3.05) is 24.6 Å². The number of amides is 2. The van der Waals surface area contributed by atoms with Crippen LogP contribution in [-0.2, 0) is 16.1 Å². The number of rotatable bonds is 5. The van der Waals surface area contributed by atoms with Crippen LogP contribution in [0.5, 0.6) is 0 Å². The smallest absolute Gasteiger partial charge is 0.247 e. The summed E-state index contributed by atoms with van der Waals surface area (Å²) in [5, 5.41) is 4.68. The Morgan fingerprint density at radius 1 is 1.07 bits per heavy atom. The molecule has 0 aromatic heterocycles. The second kappa shape index (κ2) is 8.12. The summed E-state index contributed by atoms with van der Waals surface area (Å²) in [6.07, 6.45) is 0. The van der Waals surface area contributed by atoms with E-state index in [1.807, 2.05) is 60.7 Å². The predicted molar refractivity (Wildman–Crippen MR) is 108 cm³/mol. The fourth-order valence-corrected chi connectivity index (χ4v) is 4.13. The number of fused-ring (bicyclic) bond motifs is 1. The summed E-state index contributed by atoms with van der Waals surface area (Å²) in [6, 6.07) is 19.3. The lowest BCUT2D eigenvalue weighted by atomic mass is 9.84. The average Bonchev–Trinajstić information content (AvgIpc) is 3.09. The molecule has 0 spiro atoms. The molecule has 3 unspecified atom stereocenters. The van der Waals surface area contributed by atoms with Crippen molar-refractivity contribution in [2.24, 2.45) is 11.8 Å². The van der Waals surface area contributed by atoms with Crippen LogP contribution < -0.4 is 15.8 Å². The molecule has 6 heteroatoms. The Bertz CT molecular complexity index is 827. The zero-order valence-electron chi connectivity index (χ0n) is 16.0. The van der Waals surface area contributed by atoms with Gasteiger partial charge in [-0.05, 0) is 24.2 Å². The van der Waals surface area contributed by atoms with E-state index in [9.17, 15) is 9.59 Å². The zero-order chi connectivity index (χ0) is 19.5. The van der Waals surface area contributed by atoms with E-state index in [0.717, 1.165) is 17.8 Å². The van der Waals surface area contributed by atoms with Gasteiger partial charge in [0.2, 0.25) is 11.8 Å². The van der Waals surface area contributed by atoms with E-state index in [1.54, 1.807) is 5.01 Å². The van der Waals surface area contributed by atoms with Gasteiger partial charge in [-0.2, -0.15) is 0 Å². The summed E-state index contributed by atoms with van der Waals surface area (Å²) in [5.74, 6) is -0.469. The molecule has 6 nitrogen and oxygen atoms in total. The van der Waals surface area contributed by atoms with Gasteiger partial charge in [0, 0.05) is 19.6 Å². The number of hydrogen-bond donors (Lipinski definition) is 2. The van der Waals surface area contributed by atoms with Crippen molar-refractivity contribution >= 4 is 17.5 Å². The molecule has 146 valence electrons. The molecule has 2 aromatic rings. The fourth-order valence-electron chi connectivity index (χ4n) is 4.13. The summed E-state index contributed by atoms with van der Waals surface area (Å²) < 4.78 is 0. The standard InChI is InChI=1S/C22H26N4O2/c1-2-25-14-18(21(27)23-13-16-9-5-3-6-10-16)20-19(15-25)22(28)26(24-20)17-11-7-4-8-12-17/h3-12,18-20,24H,2,13-15H2,1H3,(H,23,27). The van der Waals surface area contributed by atoms with E-state index in [0.29, 0.717) is 19.6 Å². The summed E-state index contributed by atoms with van der Waals surface area (Å²) in [7, 11) is 0. The molecule has 0 radical (unpaired) electrons. The molecule has 2 amide bonds. The number of benzene rings is 2. The highest BCUT2D eigenvalue weighted by Gasteiger charge is 2.50. The topological polar surface area (TPSA) is 64.7 Å². The summed E-state index contributed by atoms with van der Waals surface area (Å²) in [4.78, 5) is 28.3. The second-order valence-corrected chi connectivity index (χ2v) is 7.43. The summed E-state index contributed by atoms with van der Waals surface area (Å²) in [5.41, 5.74) is 5.21. The first-order valence-corrected chi connectivity index (χ1v) is 9.86. The van der Waals surface area contributed by atoms with Gasteiger partial charge in [-0.1, -0.05) is 55.5 Å². The van der Waals surface area contributed by atoms with E-state index in [1.165, 1.54) is 0 Å². The second-order valence-electron chi connectivity index (χ2n) is 7.43. The van der Waals surface area contributed by atoms with Gasteiger partial charge in [-0.15, -0.1) is 0 Å². The number of carbonyl (C=O) groups excluding carboxylic acids is 2. The third kappa shape index (κ3) is 3.66. The van der Waals surface area contributed by atoms with Crippen LogP contribution in [0, 0.1) is 11.8 Å². The van der Waals surface area contributed by atoms with Gasteiger partial charge in [0.25, 0.3) is 0 Å². The molecule has 2 fully saturated rings. The number of piperidine rings is 1. The fraction of sp³-hybridized carbons (Fsp3) is 0.364. The first-order valence-electron chi connectivity index (χ1n) is 9.86. The van der Waals surface area contributed by atoms with Crippen LogP contribution in [0.3, 0.4) is 0 Å². The normalized spacial score (nSPS) is 24.8. The van der Waals surface area contributed by atoms with Gasteiger partial charge >= 0.3 is 0 Å². The van der Waals surface area contributed by atoms with Crippen molar-refractivity contribution < 1.29 is 9.59 Å². The Morgan fingerprint density at radius 2 is 1.75 bits per heavy atom. The Hall–Kier alpha value is -2.70. The maximum atomic E-state index is 13.1. The first kappa shape index (κ1) is 18.7. The third-order valence-corrected chi connectivity index (χ3v) is 5.70. The number of carbonyl (C=O) groups is 2. The molecule has 2 heterocycles. The van der Waals surface area contributed by atoms with Crippen molar-refractivity contribution in [3.63, 3.8) is 0 Å². The lowest BCUT2D eigenvalue weighted by molar-refractivity contribution is -0.129. The Labute approximate surface area is 165 Å².